The Bertz CT molecular complexity index is 1030. The second-order valence-corrected chi connectivity index (χ2v) is 8.08. The van der Waals surface area contributed by atoms with Gasteiger partial charge in [0.05, 0.1) is 21.2 Å². The quantitative estimate of drug-likeness (QED) is 0.485. The second-order valence-electron chi connectivity index (χ2n) is 7.02. The van der Waals surface area contributed by atoms with Crippen molar-refractivity contribution in [3.05, 3.63) is 63.1 Å². The van der Waals surface area contributed by atoms with E-state index < -0.39 is 4.92 Å². The number of thiazole rings is 1. The van der Waals surface area contributed by atoms with Gasteiger partial charge in [-0.2, -0.15) is 0 Å². The summed E-state index contributed by atoms with van der Waals surface area (Å²) in [4.78, 5) is 30.2. The van der Waals surface area contributed by atoms with Gasteiger partial charge in [0.2, 0.25) is 0 Å². The number of hydrogen-bond donors (Lipinski definition) is 1. The Hall–Kier alpha value is -3.00. The van der Waals surface area contributed by atoms with E-state index in [0.717, 1.165) is 28.1 Å². The van der Waals surface area contributed by atoms with E-state index in [2.05, 4.69) is 10.3 Å². The van der Waals surface area contributed by atoms with E-state index in [4.69, 9.17) is 0 Å². The molecule has 0 radical (unpaired) electrons. The number of benzene rings is 2. The molecule has 1 N–H and O–H groups in total. The second kappa shape index (κ2) is 7.20. The van der Waals surface area contributed by atoms with Crippen molar-refractivity contribution >= 4 is 38.8 Å². The van der Waals surface area contributed by atoms with Crippen LogP contribution in [0.5, 0.6) is 0 Å². The highest BCUT2D eigenvalue weighted by Gasteiger charge is 2.27. The molecule has 2 aromatic carbocycles. The molecule has 3 aromatic rings. The molecule has 0 saturated heterocycles. The molecule has 0 spiro atoms. The van der Waals surface area contributed by atoms with Crippen LogP contribution in [0.2, 0.25) is 0 Å². The molecule has 0 bridgehead atoms. The lowest BCUT2D eigenvalue weighted by Crippen LogP contribution is -2.29. The van der Waals surface area contributed by atoms with E-state index >= 15 is 0 Å². The lowest BCUT2D eigenvalue weighted by molar-refractivity contribution is -0.384. The fourth-order valence-corrected chi connectivity index (χ4v) is 4.06. The van der Waals surface area contributed by atoms with Crippen molar-refractivity contribution < 1.29 is 9.72 Å². The minimum Gasteiger partial charge on any atom is -0.377 e. The standard InChI is InChI=1S/C20H20N4O3S/c1-12(19-22-16-5-3-4-6-18(16)28-19)23(2)20(25)13-7-10-15(21-14-8-9-14)17(11-13)24(26)27/h3-7,10-12,14,21H,8-9H2,1-2H3/t12-/m0/s1. The van der Waals surface area contributed by atoms with Crippen molar-refractivity contribution in [2.75, 3.05) is 12.4 Å². The van der Waals surface area contributed by atoms with Gasteiger partial charge in [-0.1, -0.05) is 12.1 Å². The predicted molar refractivity (Wildman–Crippen MR) is 110 cm³/mol. The van der Waals surface area contributed by atoms with Crippen molar-refractivity contribution in [2.45, 2.75) is 31.8 Å². The molecular formula is C20H20N4O3S. The number of nitro groups is 1. The highest BCUT2D eigenvalue weighted by Crippen LogP contribution is 2.33. The third-order valence-electron chi connectivity index (χ3n) is 4.95. The Morgan fingerprint density at radius 1 is 1.32 bits per heavy atom. The molecule has 0 aliphatic heterocycles. The highest BCUT2D eigenvalue weighted by molar-refractivity contribution is 7.18. The number of para-hydroxylation sites is 1. The van der Waals surface area contributed by atoms with E-state index in [1.54, 1.807) is 35.4 Å². The number of carbonyl (C=O) groups excluding carboxylic acids is 1. The Balaban J connectivity index is 1.58. The van der Waals surface area contributed by atoms with Gasteiger partial charge < -0.3 is 10.2 Å². The van der Waals surface area contributed by atoms with Gasteiger partial charge in [-0.15, -0.1) is 11.3 Å². The zero-order chi connectivity index (χ0) is 19.8. The molecule has 28 heavy (non-hydrogen) atoms. The topological polar surface area (TPSA) is 88.4 Å². The number of carbonyl (C=O) groups is 1. The molecule has 1 atom stereocenters. The summed E-state index contributed by atoms with van der Waals surface area (Å²) in [5, 5.41) is 15.4. The first-order chi connectivity index (χ1) is 13.4. The van der Waals surface area contributed by atoms with E-state index in [0.29, 0.717) is 17.3 Å². The molecule has 1 aromatic heterocycles. The van der Waals surface area contributed by atoms with Crippen LogP contribution in [0.4, 0.5) is 11.4 Å². The van der Waals surface area contributed by atoms with Crippen LogP contribution in [0.15, 0.2) is 42.5 Å². The summed E-state index contributed by atoms with van der Waals surface area (Å²) in [7, 11) is 1.70. The van der Waals surface area contributed by atoms with Crippen LogP contribution >= 0.6 is 11.3 Å². The van der Waals surface area contributed by atoms with Gasteiger partial charge in [-0.3, -0.25) is 14.9 Å². The fraction of sp³-hybridized carbons (Fsp3) is 0.300. The monoisotopic (exact) mass is 396 g/mol. The average Bonchev–Trinajstić information content (AvgIpc) is 3.40. The van der Waals surface area contributed by atoms with Crippen LogP contribution in [0.25, 0.3) is 10.2 Å². The molecule has 7 nitrogen and oxygen atoms in total. The number of amides is 1. The van der Waals surface area contributed by atoms with Gasteiger partial charge in [-0.05, 0) is 44.0 Å². The van der Waals surface area contributed by atoms with Crippen molar-refractivity contribution in [3.63, 3.8) is 0 Å². The van der Waals surface area contributed by atoms with Crippen LogP contribution in [0.1, 0.15) is 41.2 Å². The van der Waals surface area contributed by atoms with Crippen LogP contribution in [-0.2, 0) is 0 Å². The Morgan fingerprint density at radius 2 is 2.07 bits per heavy atom. The number of nitro benzene ring substituents is 1. The fourth-order valence-electron chi connectivity index (χ4n) is 3.00. The van der Waals surface area contributed by atoms with Gasteiger partial charge in [0.1, 0.15) is 10.7 Å². The minimum absolute atomic E-state index is 0.0706. The lowest BCUT2D eigenvalue weighted by Gasteiger charge is -2.23. The number of nitrogens with one attached hydrogen (secondary N) is 1. The first-order valence-corrected chi connectivity index (χ1v) is 9.93. The van der Waals surface area contributed by atoms with Gasteiger partial charge in [0.25, 0.3) is 11.6 Å². The number of nitrogens with zero attached hydrogens (tertiary/aromatic N) is 3. The number of rotatable bonds is 6. The average molecular weight is 396 g/mol. The van der Waals surface area contributed by atoms with Gasteiger partial charge in [0, 0.05) is 24.7 Å². The normalized spacial score (nSPS) is 14.6. The molecule has 1 aliphatic rings. The largest absolute Gasteiger partial charge is 0.377 e. The molecule has 1 amide bonds. The smallest absolute Gasteiger partial charge is 0.293 e. The maximum Gasteiger partial charge on any atom is 0.293 e. The van der Waals surface area contributed by atoms with Crippen molar-refractivity contribution in [2.24, 2.45) is 0 Å². The summed E-state index contributed by atoms with van der Waals surface area (Å²) < 4.78 is 1.07. The highest BCUT2D eigenvalue weighted by atomic mass is 32.1. The molecule has 4 rings (SSSR count). The minimum atomic E-state index is -0.446. The van der Waals surface area contributed by atoms with E-state index in [9.17, 15) is 14.9 Å². The Kier molecular flexibility index (Phi) is 4.72. The maximum atomic E-state index is 13.0. The van der Waals surface area contributed by atoms with Crippen LogP contribution < -0.4 is 5.32 Å². The van der Waals surface area contributed by atoms with Crippen LogP contribution in [0.3, 0.4) is 0 Å². The third kappa shape index (κ3) is 3.55. The van der Waals surface area contributed by atoms with E-state index in [1.165, 1.54) is 6.07 Å². The van der Waals surface area contributed by atoms with E-state index in [-0.39, 0.29) is 17.6 Å². The van der Waals surface area contributed by atoms with Gasteiger partial charge >= 0.3 is 0 Å². The van der Waals surface area contributed by atoms with E-state index in [1.807, 2.05) is 31.2 Å². The summed E-state index contributed by atoms with van der Waals surface area (Å²) in [6.45, 7) is 1.91. The summed E-state index contributed by atoms with van der Waals surface area (Å²) in [6, 6.07) is 12.5. The molecule has 0 unspecified atom stereocenters. The van der Waals surface area contributed by atoms with Crippen molar-refractivity contribution in [3.8, 4) is 0 Å². The SMILES string of the molecule is C[C@@H](c1nc2ccccc2s1)N(C)C(=O)c1ccc(NC2CC2)c([N+](=O)[O-])c1. The number of anilines is 1. The summed E-state index contributed by atoms with van der Waals surface area (Å²) in [5.74, 6) is -0.271. The predicted octanol–water partition coefficient (Wildman–Crippen LogP) is 4.61. The lowest BCUT2D eigenvalue weighted by atomic mass is 10.1. The zero-order valence-electron chi connectivity index (χ0n) is 15.6. The summed E-state index contributed by atoms with van der Waals surface area (Å²) in [6.07, 6.45) is 2.03. The van der Waals surface area contributed by atoms with Crippen molar-refractivity contribution in [1.82, 2.24) is 9.88 Å². The number of aromatic nitrogens is 1. The van der Waals surface area contributed by atoms with Crippen LogP contribution in [-0.4, -0.2) is 33.8 Å². The van der Waals surface area contributed by atoms with Crippen molar-refractivity contribution in [1.29, 1.82) is 0 Å². The Labute approximate surface area is 166 Å². The molecule has 1 heterocycles. The zero-order valence-corrected chi connectivity index (χ0v) is 16.4. The molecule has 1 saturated carbocycles. The molecule has 1 fully saturated rings. The summed E-state index contributed by atoms with van der Waals surface area (Å²) >= 11 is 1.55. The van der Waals surface area contributed by atoms with Crippen LogP contribution in [0, 0.1) is 10.1 Å². The third-order valence-corrected chi connectivity index (χ3v) is 6.15. The van der Waals surface area contributed by atoms with Gasteiger partial charge in [-0.25, -0.2) is 4.98 Å². The first kappa shape index (κ1) is 18.4. The number of fused-ring (bicyclic) bond motifs is 1. The molecule has 8 heteroatoms. The molecule has 1 aliphatic carbocycles. The number of hydrogen-bond acceptors (Lipinski definition) is 6. The van der Waals surface area contributed by atoms with Gasteiger partial charge in [0.15, 0.2) is 0 Å². The maximum absolute atomic E-state index is 13.0. The Morgan fingerprint density at radius 3 is 2.75 bits per heavy atom. The molecular weight excluding hydrogens is 376 g/mol. The molecule has 144 valence electrons. The first-order valence-electron chi connectivity index (χ1n) is 9.11. The summed E-state index contributed by atoms with van der Waals surface area (Å²) in [5.41, 5.74) is 1.59.